The number of fused-ring (bicyclic) bond motifs is 2. The van der Waals surface area contributed by atoms with Crippen molar-refractivity contribution in [1.82, 2.24) is 39.2 Å². The lowest BCUT2D eigenvalue weighted by Crippen LogP contribution is -2.42. The second-order valence-electron chi connectivity index (χ2n) is 6.50. The van der Waals surface area contributed by atoms with Gasteiger partial charge in [-0.15, -0.1) is 5.10 Å². The fraction of sp³-hybridized carbons (Fsp3) is 0.235. The molecule has 11 heteroatoms. The molecule has 0 saturated heterocycles. The Hall–Kier alpha value is -3.27. The summed E-state index contributed by atoms with van der Waals surface area (Å²) in [6.07, 6.45) is 3.84. The molecule has 0 aliphatic carbocycles. The van der Waals surface area contributed by atoms with Gasteiger partial charge < -0.3 is 9.88 Å². The minimum atomic E-state index is -0.586. The van der Waals surface area contributed by atoms with E-state index in [1.165, 1.54) is 15.3 Å². The highest BCUT2D eigenvalue weighted by Crippen LogP contribution is 2.34. The molecule has 0 fully saturated rings. The van der Waals surface area contributed by atoms with Crippen molar-refractivity contribution in [2.75, 3.05) is 6.54 Å². The molecule has 1 N–H and O–H groups in total. The Morgan fingerprint density at radius 3 is 3.00 bits per heavy atom. The summed E-state index contributed by atoms with van der Waals surface area (Å²) in [6.45, 7) is 0.416. The van der Waals surface area contributed by atoms with Crippen molar-refractivity contribution in [2.24, 2.45) is 7.05 Å². The molecule has 1 amide bonds. The van der Waals surface area contributed by atoms with Gasteiger partial charge in [0.15, 0.2) is 0 Å². The molecule has 4 aromatic heterocycles. The van der Waals surface area contributed by atoms with E-state index >= 15 is 0 Å². The van der Waals surface area contributed by atoms with E-state index in [9.17, 15) is 9.18 Å². The molecule has 1 aliphatic rings. The number of carbonyl (C=O) groups is 1. The first-order valence-corrected chi connectivity index (χ1v) is 8.94. The van der Waals surface area contributed by atoms with Gasteiger partial charge in [0.2, 0.25) is 11.1 Å². The smallest absolute Gasteiger partial charge is 0.292 e. The van der Waals surface area contributed by atoms with Gasteiger partial charge in [0, 0.05) is 31.9 Å². The van der Waals surface area contributed by atoms with Crippen molar-refractivity contribution in [3.63, 3.8) is 0 Å². The van der Waals surface area contributed by atoms with Gasteiger partial charge in [-0.2, -0.15) is 10.1 Å². The van der Waals surface area contributed by atoms with Crippen LogP contribution in [0.5, 0.6) is 0 Å². The van der Waals surface area contributed by atoms with Gasteiger partial charge in [0.25, 0.3) is 5.91 Å². The molecule has 0 aromatic carbocycles. The topological polar surface area (TPSA) is 97.0 Å². The largest absolute Gasteiger partial charge is 0.348 e. The fourth-order valence-electron chi connectivity index (χ4n) is 3.60. The zero-order chi connectivity index (χ0) is 19.4. The molecule has 142 valence electrons. The van der Waals surface area contributed by atoms with Crippen LogP contribution in [0.25, 0.3) is 5.52 Å². The summed E-state index contributed by atoms with van der Waals surface area (Å²) < 4.78 is 17.0. The number of imidazole rings is 1. The lowest BCUT2D eigenvalue weighted by Gasteiger charge is -2.33. The predicted octanol–water partition coefficient (Wildman–Crippen LogP) is 1.77. The molecule has 0 bridgehead atoms. The number of nitrogens with zero attached hydrogens (tertiary/aromatic N) is 7. The van der Waals surface area contributed by atoms with Crippen LogP contribution in [0.15, 0.2) is 30.7 Å². The average molecular weight is 401 g/mol. The van der Waals surface area contributed by atoms with E-state index in [0.717, 1.165) is 5.69 Å². The van der Waals surface area contributed by atoms with Crippen LogP contribution in [-0.4, -0.2) is 51.7 Å². The third-order valence-corrected chi connectivity index (χ3v) is 5.02. The van der Waals surface area contributed by atoms with Crippen LogP contribution in [0.4, 0.5) is 4.39 Å². The Morgan fingerprint density at radius 1 is 1.39 bits per heavy atom. The number of rotatable bonds is 2. The maximum Gasteiger partial charge on any atom is 0.292 e. The zero-order valence-corrected chi connectivity index (χ0v) is 15.4. The first kappa shape index (κ1) is 16.9. The second kappa shape index (κ2) is 6.13. The molecule has 28 heavy (non-hydrogen) atoms. The van der Waals surface area contributed by atoms with Gasteiger partial charge in [0.1, 0.15) is 17.4 Å². The maximum absolute atomic E-state index is 14.2. The predicted molar refractivity (Wildman–Crippen MR) is 96.3 cm³/mol. The molecule has 1 atom stereocenters. The first-order valence-electron chi connectivity index (χ1n) is 8.56. The minimum Gasteiger partial charge on any atom is -0.348 e. The van der Waals surface area contributed by atoms with Crippen LogP contribution in [0.3, 0.4) is 0 Å². The zero-order valence-electron chi connectivity index (χ0n) is 14.7. The summed E-state index contributed by atoms with van der Waals surface area (Å²) in [5, 5.41) is 8.42. The van der Waals surface area contributed by atoms with Crippen molar-refractivity contribution < 1.29 is 9.18 Å². The third-order valence-electron chi connectivity index (χ3n) is 4.86. The summed E-state index contributed by atoms with van der Waals surface area (Å²) in [7, 11) is 1.60. The van der Waals surface area contributed by atoms with E-state index in [1.807, 2.05) is 0 Å². The summed E-state index contributed by atoms with van der Waals surface area (Å²) >= 11 is 5.85. The Labute approximate surface area is 162 Å². The molecule has 5 heterocycles. The maximum atomic E-state index is 14.2. The van der Waals surface area contributed by atoms with Gasteiger partial charge >= 0.3 is 0 Å². The van der Waals surface area contributed by atoms with Crippen molar-refractivity contribution in [3.8, 4) is 0 Å². The molecular formula is C17H14ClFN8O. The van der Waals surface area contributed by atoms with E-state index in [0.29, 0.717) is 29.9 Å². The Balaban J connectivity index is 1.65. The number of halogens is 2. The summed E-state index contributed by atoms with van der Waals surface area (Å²) in [4.78, 5) is 26.4. The lowest BCUT2D eigenvalue weighted by atomic mass is 9.99. The number of amides is 1. The van der Waals surface area contributed by atoms with Gasteiger partial charge in [-0.1, -0.05) is 0 Å². The third kappa shape index (κ3) is 2.48. The Kier molecular flexibility index (Phi) is 3.69. The van der Waals surface area contributed by atoms with Gasteiger partial charge in [-0.25, -0.2) is 18.6 Å². The number of aromatic nitrogens is 7. The Bertz CT molecular complexity index is 1210. The van der Waals surface area contributed by atoms with E-state index in [2.05, 4.69) is 25.1 Å². The Morgan fingerprint density at radius 2 is 2.25 bits per heavy atom. The molecule has 1 aliphatic heterocycles. The standard InChI is InChI=1S/C17H14ClFN8O/c1-25-15(22-17(18)24-25)16(28)26-6-4-10-13(21-8-20-10)14(26)11-7-12-9(19)3-2-5-27(12)23-11/h2-3,5,7-8,14H,4,6H2,1H3,(H,20,21)/t14-/m0/s1. The average Bonchev–Trinajstić information content (AvgIpc) is 3.38. The molecule has 5 rings (SSSR count). The summed E-state index contributed by atoms with van der Waals surface area (Å²) in [5.41, 5.74) is 2.44. The molecule has 0 radical (unpaired) electrons. The number of aryl methyl sites for hydroxylation is 1. The second-order valence-corrected chi connectivity index (χ2v) is 6.84. The van der Waals surface area contributed by atoms with Crippen molar-refractivity contribution >= 4 is 23.0 Å². The van der Waals surface area contributed by atoms with Crippen LogP contribution in [0.2, 0.25) is 5.28 Å². The monoisotopic (exact) mass is 400 g/mol. The highest BCUT2D eigenvalue weighted by Gasteiger charge is 2.37. The lowest BCUT2D eigenvalue weighted by molar-refractivity contribution is 0.0669. The molecule has 0 unspecified atom stereocenters. The van der Waals surface area contributed by atoms with Gasteiger partial charge in [0.05, 0.1) is 17.7 Å². The number of aromatic amines is 1. The molecule has 9 nitrogen and oxygen atoms in total. The summed E-state index contributed by atoms with van der Waals surface area (Å²) in [5.74, 6) is -0.626. The number of pyridine rings is 1. The SMILES string of the molecule is Cn1nc(Cl)nc1C(=O)N1CCc2[nH]cnc2[C@@H]1c1cc2c(F)cccn2n1. The van der Waals surface area contributed by atoms with Gasteiger partial charge in [-0.05, 0) is 29.8 Å². The van der Waals surface area contributed by atoms with Gasteiger partial charge in [-0.3, -0.25) is 4.79 Å². The van der Waals surface area contributed by atoms with E-state index in [4.69, 9.17) is 11.6 Å². The minimum absolute atomic E-state index is 0.00494. The number of hydrogen-bond donors (Lipinski definition) is 1. The number of nitrogens with one attached hydrogen (secondary N) is 1. The number of hydrogen-bond acceptors (Lipinski definition) is 5. The van der Waals surface area contributed by atoms with Crippen LogP contribution in [-0.2, 0) is 13.5 Å². The molecular weight excluding hydrogens is 387 g/mol. The van der Waals surface area contributed by atoms with Crippen LogP contribution in [0.1, 0.15) is 33.7 Å². The van der Waals surface area contributed by atoms with E-state index < -0.39 is 11.9 Å². The highest BCUT2D eigenvalue weighted by molar-refractivity contribution is 6.28. The van der Waals surface area contributed by atoms with E-state index in [1.54, 1.807) is 36.6 Å². The number of H-pyrrole nitrogens is 1. The van der Waals surface area contributed by atoms with Crippen LogP contribution in [0, 0.1) is 5.82 Å². The molecule has 0 saturated carbocycles. The van der Waals surface area contributed by atoms with Crippen LogP contribution >= 0.6 is 11.6 Å². The van der Waals surface area contributed by atoms with Crippen molar-refractivity contribution in [1.29, 1.82) is 0 Å². The summed E-state index contributed by atoms with van der Waals surface area (Å²) in [6, 6.07) is 3.99. The van der Waals surface area contributed by atoms with Crippen LogP contribution < -0.4 is 0 Å². The quantitative estimate of drug-likeness (QED) is 0.553. The fourth-order valence-corrected chi connectivity index (χ4v) is 3.79. The van der Waals surface area contributed by atoms with Crippen molar-refractivity contribution in [3.05, 3.63) is 64.7 Å². The van der Waals surface area contributed by atoms with Crippen molar-refractivity contribution in [2.45, 2.75) is 12.5 Å². The van der Waals surface area contributed by atoms with E-state index in [-0.39, 0.29) is 17.0 Å². The first-order chi connectivity index (χ1) is 13.5. The molecule has 4 aromatic rings. The number of carbonyl (C=O) groups excluding carboxylic acids is 1. The highest BCUT2D eigenvalue weighted by atomic mass is 35.5. The molecule has 0 spiro atoms. The normalized spacial score (nSPS) is 16.5.